The molecular weight excluding hydrogens is 316 g/mol. The Balaban J connectivity index is 0.000000924. The van der Waals surface area contributed by atoms with Crippen LogP contribution in [0.1, 0.15) is 25.5 Å². The Morgan fingerprint density at radius 2 is 2.09 bits per heavy atom. The van der Waals surface area contributed by atoms with E-state index in [0.717, 1.165) is 11.1 Å². The van der Waals surface area contributed by atoms with Crippen molar-refractivity contribution in [1.82, 2.24) is 9.78 Å². The highest BCUT2D eigenvalue weighted by molar-refractivity contribution is 6.30. The zero-order valence-corrected chi connectivity index (χ0v) is 14.0. The molecule has 23 heavy (non-hydrogen) atoms. The van der Waals surface area contributed by atoms with E-state index >= 15 is 0 Å². The average molecular weight is 335 g/mol. The van der Waals surface area contributed by atoms with E-state index in [4.69, 9.17) is 16.3 Å². The highest BCUT2D eigenvalue weighted by Crippen LogP contribution is 2.39. The summed E-state index contributed by atoms with van der Waals surface area (Å²) in [4.78, 5) is 11.6. The molecule has 2 aromatic rings. The number of aliphatic hydroxyl groups excluding tert-OH is 1. The second kappa shape index (κ2) is 6.98. The predicted molar refractivity (Wildman–Crippen MR) is 89.0 cm³/mol. The molecule has 6 heteroatoms. The Bertz CT molecular complexity index is 739. The molecule has 1 aliphatic rings. The minimum Gasteiger partial charge on any atom is -0.451 e. The molecule has 122 valence electrons. The number of benzene rings is 1. The molecule has 5 nitrogen and oxygen atoms in total. The lowest BCUT2D eigenvalue weighted by molar-refractivity contribution is -0.139. The molecule has 1 N–H and O–H groups in total. The van der Waals surface area contributed by atoms with Crippen LogP contribution in [0.4, 0.5) is 0 Å². The van der Waals surface area contributed by atoms with Gasteiger partial charge in [-0.3, -0.25) is 4.68 Å². The number of carbonyl (C=O) groups is 1. The number of esters is 1. The molecule has 0 bridgehead atoms. The van der Waals surface area contributed by atoms with Crippen LogP contribution in [0.5, 0.6) is 0 Å². The third kappa shape index (κ3) is 3.30. The smallest absolute Gasteiger partial charge is 0.336 e. The SMILES string of the molecule is C=C1C(=O)OC(c2ccc(Cl)cc2-c2cnn(C)c2)C1O.CC. The Kier molecular flexibility index (Phi) is 5.23. The van der Waals surface area contributed by atoms with Crippen LogP contribution >= 0.6 is 11.6 Å². The monoisotopic (exact) mass is 334 g/mol. The summed E-state index contributed by atoms with van der Waals surface area (Å²) in [5.74, 6) is -0.584. The first-order chi connectivity index (χ1) is 11.0. The van der Waals surface area contributed by atoms with E-state index in [2.05, 4.69) is 11.7 Å². The molecule has 1 aromatic carbocycles. The van der Waals surface area contributed by atoms with Gasteiger partial charge < -0.3 is 9.84 Å². The number of carbonyl (C=O) groups excluding carboxylic acids is 1. The second-order valence-corrected chi connectivity index (χ2v) is 5.37. The minimum absolute atomic E-state index is 0.0621. The minimum atomic E-state index is -1.06. The number of hydrogen-bond acceptors (Lipinski definition) is 4. The molecule has 2 heterocycles. The van der Waals surface area contributed by atoms with Gasteiger partial charge in [0.1, 0.15) is 6.10 Å². The van der Waals surface area contributed by atoms with Crippen LogP contribution in [0.3, 0.4) is 0 Å². The van der Waals surface area contributed by atoms with Gasteiger partial charge in [-0.2, -0.15) is 5.10 Å². The van der Waals surface area contributed by atoms with Crippen LogP contribution < -0.4 is 0 Å². The first-order valence-corrected chi connectivity index (χ1v) is 7.71. The predicted octanol–water partition coefficient (Wildman–Crippen LogP) is 3.28. The van der Waals surface area contributed by atoms with E-state index in [1.165, 1.54) is 0 Å². The van der Waals surface area contributed by atoms with Gasteiger partial charge in [-0.1, -0.05) is 38.1 Å². The van der Waals surface area contributed by atoms with Crippen LogP contribution in [-0.2, 0) is 16.6 Å². The molecule has 2 atom stereocenters. The van der Waals surface area contributed by atoms with Gasteiger partial charge in [0, 0.05) is 29.4 Å². The van der Waals surface area contributed by atoms with E-state index in [0.29, 0.717) is 10.6 Å². The van der Waals surface area contributed by atoms with Gasteiger partial charge in [-0.05, 0) is 17.7 Å². The van der Waals surface area contributed by atoms with E-state index in [1.807, 2.05) is 20.0 Å². The highest BCUT2D eigenvalue weighted by Gasteiger charge is 2.39. The fourth-order valence-electron chi connectivity index (χ4n) is 2.38. The van der Waals surface area contributed by atoms with Crippen molar-refractivity contribution in [3.8, 4) is 11.1 Å². The maximum Gasteiger partial charge on any atom is 0.336 e. The summed E-state index contributed by atoms with van der Waals surface area (Å²) in [6.45, 7) is 7.55. The normalized spacial score (nSPS) is 20.0. The van der Waals surface area contributed by atoms with Crippen molar-refractivity contribution in [3.63, 3.8) is 0 Å². The summed E-state index contributed by atoms with van der Waals surface area (Å²) in [5.41, 5.74) is 2.33. The number of nitrogens with zero attached hydrogens (tertiary/aromatic N) is 2. The van der Waals surface area contributed by atoms with Gasteiger partial charge in [0.25, 0.3) is 0 Å². The first kappa shape index (κ1) is 17.2. The lowest BCUT2D eigenvalue weighted by Gasteiger charge is -2.17. The molecule has 0 spiro atoms. The van der Waals surface area contributed by atoms with Crippen molar-refractivity contribution in [1.29, 1.82) is 0 Å². The molecule has 0 saturated carbocycles. The number of cyclic esters (lactones) is 1. The third-order valence-corrected chi connectivity index (χ3v) is 3.71. The van der Waals surface area contributed by atoms with Crippen LogP contribution in [-0.4, -0.2) is 27.0 Å². The van der Waals surface area contributed by atoms with Gasteiger partial charge in [0.15, 0.2) is 6.10 Å². The second-order valence-electron chi connectivity index (χ2n) is 4.93. The largest absolute Gasteiger partial charge is 0.451 e. The van der Waals surface area contributed by atoms with Crippen LogP contribution in [0.15, 0.2) is 42.7 Å². The van der Waals surface area contributed by atoms with E-state index in [1.54, 1.807) is 36.1 Å². The quantitative estimate of drug-likeness (QED) is 0.676. The van der Waals surface area contributed by atoms with Crippen molar-refractivity contribution in [2.75, 3.05) is 0 Å². The van der Waals surface area contributed by atoms with E-state index in [-0.39, 0.29) is 5.57 Å². The molecule has 1 fully saturated rings. The number of aromatic nitrogens is 2. The Morgan fingerprint density at radius 1 is 1.39 bits per heavy atom. The molecule has 0 radical (unpaired) electrons. The third-order valence-electron chi connectivity index (χ3n) is 3.48. The Morgan fingerprint density at radius 3 is 2.61 bits per heavy atom. The van der Waals surface area contributed by atoms with Crippen molar-refractivity contribution < 1.29 is 14.6 Å². The van der Waals surface area contributed by atoms with Crippen LogP contribution in [0.25, 0.3) is 11.1 Å². The summed E-state index contributed by atoms with van der Waals surface area (Å²) in [6.07, 6.45) is 1.67. The van der Waals surface area contributed by atoms with Gasteiger partial charge in [-0.15, -0.1) is 0 Å². The summed E-state index contributed by atoms with van der Waals surface area (Å²) in [6, 6.07) is 5.19. The van der Waals surface area contributed by atoms with Gasteiger partial charge in [-0.25, -0.2) is 4.79 Å². The fourth-order valence-corrected chi connectivity index (χ4v) is 2.55. The molecule has 0 amide bonds. The maximum atomic E-state index is 11.6. The van der Waals surface area contributed by atoms with Gasteiger partial charge in [0.05, 0.1) is 11.8 Å². The summed E-state index contributed by atoms with van der Waals surface area (Å²) in [7, 11) is 1.81. The van der Waals surface area contributed by atoms with Crippen LogP contribution in [0.2, 0.25) is 5.02 Å². The number of aryl methyl sites for hydroxylation is 1. The van der Waals surface area contributed by atoms with Crippen molar-refractivity contribution in [3.05, 3.63) is 53.3 Å². The zero-order chi connectivity index (χ0) is 17.1. The topological polar surface area (TPSA) is 64.3 Å². The summed E-state index contributed by atoms with van der Waals surface area (Å²) < 4.78 is 6.88. The lowest BCUT2D eigenvalue weighted by Crippen LogP contribution is -2.14. The molecule has 0 aliphatic carbocycles. The summed E-state index contributed by atoms with van der Waals surface area (Å²) >= 11 is 6.06. The van der Waals surface area contributed by atoms with Crippen LogP contribution in [0, 0.1) is 0 Å². The van der Waals surface area contributed by atoms with Gasteiger partial charge >= 0.3 is 5.97 Å². The highest BCUT2D eigenvalue weighted by atomic mass is 35.5. The Labute approximate surface area is 140 Å². The number of hydrogen-bond donors (Lipinski definition) is 1. The van der Waals surface area contributed by atoms with Gasteiger partial charge in [0.2, 0.25) is 0 Å². The van der Waals surface area contributed by atoms with Crippen molar-refractivity contribution >= 4 is 17.6 Å². The number of rotatable bonds is 2. The molecular formula is C17H19ClN2O3. The Hall–Kier alpha value is -2.11. The van der Waals surface area contributed by atoms with E-state index < -0.39 is 18.2 Å². The standard InChI is InChI=1S/C15H13ClN2O3.C2H6/c1-8-13(19)14(21-15(8)20)11-4-3-10(16)5-12(11)9-6-17-18(2)7-9;1-2/h3-7,13-14,19H,1H2,2H3;1-2H3. The lowest BCUT2D eigenvalue weighted by atomic mass is 9.94. The van der Waals surface area contributed by atoms with Crippen molar-refractivity contribution in [2.45, 2.75) is 26.1 Å². The zero-order valence-electron chi connectivity index (χ0n) is 13.3. The molecule has 2 unspecified atom stereocenters. The van der Waals surface area contributed by atoms with E-state index in [9.17, 15) is 9.90 Å². The maximum absolute atomic E-state index is 11.6. The first-order valence-electron chi connectivity index (χ1n) is 7.33. The number of ether oxygens (including phenoxy) is 1. The fraction of sp³-hybridized carbons (Fsp3) is 0.294. The van der Waals surface area contributed by atoms with Crippen molar-refractivity contribution in [2.24, 2.45) is 7.05 Å². The average Bonchev–Trinajstić information content (AvgIpc) is 3.09. The molecule has 3 rings (SSSR count). The molecule has 1 aromatic heterocycles. The number of aliphatic hydroxyl groups is 1. The molecule has 1 aliphatic heterocycles. The molecule has 1 saturated heterocycles. The number of halogens is 1. The summed E-state index contributed by atoms with van der Waals surface area (Å²) in [5, 5.41) is 14.8.